The van der Waals surface area contributed by atoms with Gasteiger partial charge in [-0.2, -0.15) is 0 Å². The number of amides is 2. The molecule has 2 amide bonds. The van der Waals surface area contributed by atoms with E-state index in [-0.39, 0.29) is 16.4 Å². The first-order valence-corrected chi connectivity index (χ1v) is 13.4. The number of benzene rings is 4. The maximum Gasteiger partial charge on any atom is 0.293 e. The monoisotopic (exact) mass is 567 g/mol. The number of rotatable bonds is 4. The number of hydrogen-bond acceptors (Lipinski definition) is 5. The second kappa shape index (κ2) is 8.84. The van der Waals surface area contributed by atoms with Crippen LogP contribution in [0.4, 0.5) is 17.1 Å². The van der Waals surface area contributed by atoms with E-state index in [1.54, 1.807) is 30.5 Å². The third-order valence-electron chi connectivity index (χ3n) is 8.34. The van der Waals surface area contributed by atoms with Gasteiger partial charge in [0.25, 0.3) is 5.69 Å². The van der Waals surface area contributed by atoms with Gasteiger partial charge in [-0.3, -0.25) is 24.7 Å². The molecule has 1 saturated heterocycles. The molecule has 7 nitrogen and oxygen atoms in total. The van der Waals surface area contributed by atoms with Crippen LogP contribution in [0.25, 0.3) is 0 Å². The van der Waals surface area contributed by atoms with Crippen molar-refractivity contribution in [2.45, 2.75) is 11.3 Å². The summed E-state index contributed by atoms with van der Waals surface area (Å²) in [5.74, 6) is -3.01. The number of nitro groups is 1. The van der Waals surface area contributed by atoms with Crippen LogP contribution in [0, 0.1) is 22.0 Å². The fraction of sp³-hybridized carbons (Fsp3) is 0.129. The molecule has 0 spiro atoms. The van der Waals surface area contributed by atoms with E-state index < -0.39 is 39.9 Å². The van der Waals surface area contributed by atoms with Gasteiger partial charge in [0.1, 0.15) is 5.69 Å². The van der Waals surface area contributed by atoms with Crippen LogP contribution in [-0.2, 0) is 15.0 Å². The van der Waals surface area contributed by atoms with Crippen molar-refractivity contribution in [2.75, 3.05) is 4.90 Å². The summed E-state index contributed by atoms with van der Waals surface area (Å²) in [5.41, 5.74) is 2.54. The Hall–Kier alpha value is -4.33. The minimum absolute atomic E-state index is 0.0330. The molecule has 1 heterocycles. The molecule has 0 saturated carbocycles. The van der Waals surface area contributed by atoms with Gasteiger partial charge in [0.2, 0.25) is 11.8 Å². The summed E-state index contributed by atoms with van der Waals surface area (Å²) in [7, 11) is 0. The number of carbonyl (C=O) groups is 2. The highest BCUT2D eigenvalue weighted by molar-refractivity contribution is 6.43. The first kappa shape index (κ1) is 24.7. The van der Waals surface area contributed by atoms with E-state index in [0.717, 1.165) is 27.2 Å². The Morgan fingerprint density at radius 1 is 0.825 bits per heavy atom. The molecule has 0 unspecified atom stereocenters. The van der Waals surface area contributed by atoms with Crippen LogP contribution in [0.3, 0.4) is 0 Å². The molecular formula is C31H19Cl2N3O4. The first-order chi connectivity index (χ1) is 19.4. The highest BCUT2D eigenvalue weighted by atomic mass is 35.5. The van der Waals surface area contributed by atoms with Gasteiger partial charge < -0.3 is 0 Å². The van der Waals surface area contributed by atoms with Crippen LogP contribution in [0.1, 0.15) is 28.2 Å². The van der Waals surface area contributed by atoms with Crippen LogP contribution >= 0.6 is 23.2 Å². The summed E-state index contributed by atoms with van der Waals surface area (Å²) < 4.78 is 0. The molecule has 4 aromatic rings. The SMILES string of the molecule is O=C1[C@@H]2[C@@H](C(=O)N1c1ccccc1[N+](=O)[O-])C1c3ccccc3C2(C=Nc2cccc(Cl)c2Cl)c2ccccc21. The molecule has 0 radical (unpaired) electrons. The number of para-hydroxylation sites is 2. The van der Waals surface area contributed by atoms with E-state index >= 15 is 0 Å². The Bertz CT molecular complexity index is 1760. The summed E-state index contributed by atoms with van der Waals surface area (Å²) in [4.78, 5) is 45.8. The third kappa shape index (κ3) is 3.16. The van der Waals surface area contributed by atoms with E-state index in [1.165, 1.54) is 18.2 Å². The van der Waals surface area contributed by atoms with Crippen molar-refractivity contribution in [1.29, 1.82) is 0 Å². The van der Waals surface area contributed by atoms with Gasteiger partial charge in [-0.25, -0.2) is 4.90 Å². The van der Waals surface area contributed by atoms with Crippen molar-refractivity contribution in [3.05, 3.63) is 133 Å². The molecule has 2 atom stereocenters. The predicted molar refractivity (Wildman–Crippen MR) is 153 cm³/mol. The fourth-order valence-corrected chi connectivity index (χ4v) is 7.20. The molecule has 1 fully saturated rings. The average Bonchev–Trinajstić information content (AvgIpc) is 3.24. The van der Waals surface area contributed by atoms with Gasteiger partial charge in [0.15, 0.2) is 0 Å². The van der Waals surface area contributed by atoms with E-state index in [4.69, 9.17) is 28.2 Å². The van der Waals surface area contributed by atoms with E-state index in [0.29, 0.717) is 10.7 Å². The Labute approximate surface area is 238 Å². The molecule has 196 valence electrons. The third-order valence-corrected chi connectivity index (χ3v) is 9.15. The van der Waals surface area contributed by atoms with Crippen molar-refractivity contribution in [3.63, 3.8) is 0 Å². The largest absolute Gasteiger partial charge is 0.293 e. The second-order valence-corrected chi connectivity index (χ2v) is 10.9. The maximum absolute atomic E-state index is 14.4. The van der Waals surface area contributed by atoms with E-state index in [2.05, 4.69) is 0 Å². The molecule has 40 heavy (non-hydrogen) atoms. The highest BCUT2D eigenvalue weighted by Gasteiger charge is 2.68. The van der Waals surface area contributed by atoms with Crippen molar-refractivity contribution in [2.24, 2.45) is 16.8 Å². The lowest BCUT2D eigenvalue weighted by Gasteiger charge is -2.52. The summed E-state index contributed by atoms with van der Waals surface area (Å²) in [5, 5.41) is 12.5. The molecule has 0 N–H and O–H groups in total. The maximum atomic E-state index is 14.4. The van der Waals surface area contributed by atoms with Gasteiger partial charge >= 0.3 is 0 Å². The van der Waals surface area contributed by atoms with Gasteiger partial charge in [0, 0.05) is 18.2 Å². The lowest BCUT2D eigenvalue weighted by atomic mass is 9.47. The van der Waals surface area contributed by atoms with Gasteiger partial charge in [0.05, 0.1) is 37.9 Å². The van der Waals surface area contributed by atoms with Crippen molar-refractivity contribution in [3.8, 4) is 0 Å². The number of aliphatic imine (C=N–C) groups is 1. The van der Waals surface area contributed by atoms with E-state index in [9.17, 15) is 19.7 Å². The number of nitrogens with zero attached hydrogens (tertiary/aromatic N) is 3. The lowest BCUT2D eigenvalue weighted by molar-refractivity contribution is -0.384. The molecule has 1 aliphatic heterocycles. The molecule has 0 aromatic heterocycles. The average molecular weight is 568 g/mol. The molecule has 4 aliphatic rings. The number of anilines is 1. The summed E-state index contributed by atoms with van der Waals surface area (Å²) in [6.45, 7) is 0. The highest BCUT2D eigenvalue weighted by Crippen LogP contribution is 2.64. The van der Waals surface area contributed by atoms with E-state index in [1.807, 2.05) is 48.5 Å². The van der Waals surface area contributed by atoms with Crippen LogP contribution < -0.4 is 4.90 Å². The Morgan fingerprint density at radius 3 is 2.12 bits per heavy atom. The quantitative estimate of drug-likeness (QED) is 0.116. The number of nitro benzene ring substituents is 1. The molecule has 8 rings (SSSR count). The zero-order valence-corrected chi connectivity index (χ0v) is 22.2. The predicted octanol–water partition coefficient (Wildman–Crippen LogP) is 6.85. The van der Waals surface area contributed by atoms with Gasteiger partial charge in [-0.1, -0.05) is 89.9 Å². The zero-order valence-electron chi connectivity index (χ0n) is 20.7. The molecular weight excluding hydrogens is 549 g/mol. The normalized spacial score (nSPS) is 24.2. The van der Waals surface area contributed by atoms with Crippen molar-refractivity contribution < 1.29 is 14.5 Å². The second-order valence-electron chi connectivity index (χ2n) is 10.1. The molecule has 4 aromatic carbocycles. The summed E-state index contributed by atoms with van der Waals surface area (Å²) in [6.07, 6.45) is 1.71. The molecule has 3 aliphatic carbocycles. The summed E-state index contributed by atoms with van der Waals surface area (Å²) in [6, 6.07) is 26.5. The zero-order chi connectivity index (χ0) is 27.8. The number of hydrogen-bond donors (Lipinski definition) is 0. The van der Waals surface area contributed by atoms with Crippen LogP contribution in [0.2, 0.25) is 10.0 Å². The molecule has 2 bridgehead atoms. The molecule has 9 heteroatoms. The van der Waals surface area contributed by atoms with Crippen LogP contribution in [-0.4, -0.2) is 23.0 Å². The topological polar surface area (TPSA) is 92.9 Å². The fourth-order valence-electron chi connectivity index (χ4n) is 6.86. The Balaban J connectivity index is 1.52. The number of imide groups is 1. The number of halogens is 2. The lowest BCUT2D eigenvalue weighted by Crippen LogP contribution is -2.54. The first-order valence-electron chi connectivity index (χ1n) is 12.7. The smallest absolute Gasteiger partial charge is 0.274 e. The van der Waals surface area contributed by atoms with Crippen LogP contribution in [0.15, 0.2) is 96.0 Å². The summed E-state index contributed by atoms with van der Waals surface area (Å²) >= 11 is 12.8. The number of carbonyl (C=O) groups excluding carboxylic acids is 2. The van der Waals surface area contributed by atoms with Gasteiger partial charge in [-0.05, 0) is 40.5 Å². The van der Waals surface area contributed by atoms with Crippen molar-refractivity contribution >= 4 is 58.3 Å². The van der Waals surface area contributed by atoms with Gasteiger partial charge in [-0.15, -0.1) is 0 Å². The van der Waals surface area contributed by atoms with Crippen molar-refractivity contribution in [1.82, 2.24) is 0 Å². The Morgan fingerprint density at radius 2 is 1.45 bits per heavy atom. The van der Waals surface area contributed by atoms with Crippen LogP contribution in [0.5, 0.6) is 0 Å². The minimum atomic E-state index is -1.14. The Kier molecular flexibility index (Phi) is 5.46. The standard InChI is InChI=1S/C31H19Cl2N3O4/c32-21-12-7-13-22(28(21)33)34-16-31-19-10-3-1-8-17(19)25(18-9-2-4-11-20(18)31)26-27(31)30(38)35(29(26)37)23-14-5-6-15-24(23)36(39)40/h1-16,25-27H/t25?,26-,27-,31?/m0/s1. The minimum Gasteiger partial charge on any atom is -0.274 e.